The Balaban J connectivity index is 2.02. The summed E-state index contributed by atoms with van der Waals surface area (Å²) in [5.41, 5.74) is -0.0233. The fraction of sp³-hybridized carbons (Fsp3) is 0.133. The normalized spacial score (nSPS) is 10.0. The molecule has 0 fully saturated rings. The number of non-ortho nitro benzene ring substituents is 1. The van der Waals surface area contributed by atoms with Crippen LogP contribution >= 0.6 is 11.6 Å². The summed E-state index contributed by atoms with van der Waals surface area (Å²) < 4.78 is 10.5. The van der Waals surface area contributed by atoms with Crippen LogP contribution in [0.25, 0.3) is 0 Å². The molecule has 0 aliphatic carbocycles. The predicted molar refractivity (Wildman–Crippen MR) is 85.2 cm³/mol. The number of methoxy groups -OCH3 is 1. The average molecular weight is 337 g/mol. The number of nitro benzene ring substituents is 1. The van der Waals surface area contributed by atoms with E-state index >= 15 is 0 Å². The summed E-state index contributed by atoms with van der Waals surface area (Å²) in [6, 6.07) is 10.7. The molecule has 0 atom stereocenters. The average Bonchev–Trinajstić information content (AvgIpc) is 2.55. The number of para-hydroxylation sites is 2. The largest absolute Gasteiger partial charge is 0.493 e. The second kappa shape index (κ2) is 7.46. The third-order valence-electron chi connectivity index (χ3n) is 2.86. The number of anilines is 1. The van der Waals surface area contributed by atoms with Crippen molar-refractivity contribution in [1.82, 2.24) is 0 Å². The minimum atomic E-state index is -0.572. The quantitative estimate of drug-likeness (QED) is 0.645. The summed E-state index contributed by atoms with van der Waals surface area (Å²) in [5.74, 6) is 0.405. The van der Waals surface area contributed by atoms with E-state index in [-0.39, 0.29) is 23.0 Å². The van der Waals surface area contributed by atoms with Gasteiger partial charge >= 0.3 is 0 Å². The van der Waals surface area contributed by atoms with Gasteiger partial charge in [0.2, 0.25) is 0 Å². The summed E-state index contributed by atoms with van der Waals surface area (Å²) in [6.07, 6.45) is 0. The molecule has 0 unspecified atom stereocenters. The van der Waals surface area contributed by atoms with Crippen molar-refractivity contribution in [3.05, 3.63) is 57.6 Å². The maximum atomic E-state index is 11.9. The van der Waals surface area contributed by atoms with Crippen LogP contribution in [0, 0.1) is 10.1 Å². The van der Waals surface area contributed by atoms with Gasteiger partial charge in [-0.1, -0.05) is 23.7 Å². The molecule has 0 aromatic heterocycles. The van der Waals surface area contributed by atoms with E-state index in [1.54, 1.807) is 24.3 Å². The highest BCUT2D eigenvalue weighted by Crippen LogP contribution is 2.27. The monoisotopic (exact) mass is 336 g/mol. The molecule has 23 heavy (non-hydrogen) atoms. The molecule has 1 amide bonds. The Kier molecular flexibility index (Phi) is 5.37. The smallest absolute Gasteiger partial charge is 0.271 e. The Morgan fingerprint density at radius 1 is 1.26 bits per heavy atom. The van der Waals surface area contributed by atoms with Crippen molar-refractivity contribution >= 4 is 28.9 Å². The van der Waals surface area contributed by atoms with Gasteiger partial charge in [-0.2, -0.15) is 0 Å². The SMILES string of the molecule is COc1ccccc1OCC(=O)Nc1cc([N+](=O)[O-])ccc1Cl. The molecule has 1 N–H and O–H groups in total. The minimum absolute atomic E-state index is 0.148. The maximum absolute atomic E-state index is 11.9. The molecule has 7 nitrogen and oxygen atoms in total. The Bertz CT molecular complexity index is 736. The third-order valence-corrected chi connectivity index (χ3v) is 3.19. The summed E-state index contributed by atoms with van der Waals surface area (Å²) in [5, 5.41) is 13.4. The molecule has 0 saturated carbocycles. The van der Waals surface area contributed by atoms with E-state index in [1.807, 2.05) is 0 Å². The zero-order valence-electron chi connectivity index (χ0n) is 12.1. The molecule has 2 rings (SSSR count). The fourth-order valence-corrected chi connectivity index (χ4v) is 1.96. The van der Waals surface area contributed by atoms with Gasteiger partial charge in [0.1, 0.15) is 0 Å². The van der Waals surface area contributed by atoms with Gasteiger partial charge in [-0.15, -0.1) is 0 Å². The molecule has 2 aromatic rings. The molecule has 0 bridgehead atoms. The number of benzene rings is 2. The number of nitrogens with one attached hydrogen (secondary N) is 1. The van der Waals surface area contributed by atoms with Crippen molar-refractivity contribution in [1.29, 1.82) is 0 Å². The van der Waals surface area contributed by atoms with Gasteiger partial charge in [0, 0.05) is 12.1 Å². The molecule has 0 saturated heterocycles. The number of hydrogen-bond donors (Lipinski definition) is 1. The number of amides is 1. The number of nitro groups is 1. The fourth-order valence-electron chi connectivity index (χ4n) is 1.79. The number of carbonyl (C=O) groups excluding carboxylic acids is 1. The number of carbonyl (C=O) groups is 1. The highest BCUT2D eigenvalue weighted by atomic mass is 35.5. The van der Waals surface area contributed by atoms with Crippen molar-refractivity contribution in [2.75, 3.05) is 19.0 Å². The standard InChI is InChI=1S/C15H13ClN2O5/c1-22-13-4-2-3-5-14(13)23-9-15(19)17-12-8-10(18(20)21)6-7-11(12)16/h2-8H,9H2,1H3,(H,17,19). The Morgan fingerprint density at radius 3 is 2.61 bits per heavy atom. The topological polar surface area (TPSA) is 90.7 Å². The lowest BCUT2D eigenvalue weighted by molar-refractivity contribution is -0.384. The summed E-state index contributed by atoms with van der Waals surface area (Å²) in [4.78, 5) is 22.1. The first-order chi connectivity index (χ1) is 11.0. The van der Waals surface area contributed by atoms with Gasteiger partial charge in [-0.25, -0.2) is 0 Å². The van der Waals surface area contributed by atoms with Gasteiger partial charge in [0.25, 0.3) is 11.6 Å². The van der Waals surface area contributed by atoms with Crippen molar-refractivity contribution in [2.45, 2.75) is 0 Å². The van der Waals surface area contributed by atoms with E-state index in [2.05, 4.69) is 5.32 Å². The van der Waals surface area contributed by atoms with E-state index in [0.29, 0.717) is 11.5 Å². The van der Waals surface area contributed by atoms with Crippen LogP contribution in [-0.4, -0.2) is 24.5 Å². The van der Waals surface area contributed by atoms with Crippen LogP contribution in [0.4, 0.5) is 11.4 Å². The Labute approximate surface area is 136 Å². The first-order valence-corrected chi connectivity index (χ1v) is 6.88. The van der Waals surface area contributed by atoms with Crippen LogP contribution in [0.5, 0.6) is 11.5 Å². The zero-order valence-corrected chi connectivity index (χ0v) is 12.9. The van der Waals surface area contributed by atoms with Crippen LogP contribution in [0.1, 0.15) is 0 Å². The summed E-state index contributed by atoms with van der Waals surface area (Å²) >= 11 is 5.91. The molecule has 0 aliphatic heterocycles. The van der Waals surface area contributed by atoms with Gasteiger partial charge in [-0.05, 0) is 18.2 Å². The van der Waals surface area contributed by atoms with Crippen molar-refractivity contribution in [2.24, 2.45) is 0 Å². The highest BCUT2D eigenvalue weighted by molar-refractivity contribution is 6.33. The van der Waals surface area contributed by atoms with Gasteiger partial charge in [-0.3, -0.25) is 14.9 Å². The zero-order chi connectivity index (χ0) is 16.8. The maximum Gasteiger partial charge on any atom is 0.271 e. The number of ether oxygens (including phenoxy) is 2. The van der Waals surface area contributed by atoms with Crippen molar-refractivity contribution in [3.63, 3.8) is 0 Å². The molecule has 0 spiro atoms. The predicted octanol–water partition coefficient (Wildman–Crippen LogP) is 3.27. The molecular weight excluding hydrogens is 324 g/mol. The van der Waals surface area contributed by atoms with E-state index in [4.69, 9.17) is 21.1 Å². The lowest BCUT2D eigenvalue weighted by Gasteiger charge is -2.11. The highest BCUT2D eigenvalue weighted by Gasteiger charge is 2.13. The van der Waals surface area contributed by atoms with E-state index in [1.165, 1.54) is 25.3 Å². The Hall–Kier alpha value is -2.80. The van der Waals surface area contributed by atoms with Crippen LogP contribution in [0.2, 0.25) is 5.02 Å². The number of hydrogen-bond acceptors (Lipinski definition) is 5. The molecule has 8 heteroatoms. The van der Waals surface area contributed by atoms with Crippen LogP contribution in [0.15, 0.2) is 42.5 Å². The van der Waals surface area contributed by atoms with Crippen molar-refractivity contribution < 1.29 is 19.2 Å². The lowest BCUT2D eigenvalue weighted by atomic mass is 10.3. The molecule has 120 valence electrons. The number of halogens is 1. The van der Waals surface area contributed by atoms with Crippen LogP contribution in [0.3, 0.4) is 0 Å². The molecule has 0 aliphatic rings. The van der Waals surface area contributed by atoms with Crippen LogP contribution in [-0.2, 0) is 4.79 Å². The third kappa shape index (κ3) is 4.33. The van der Waals surface area contributed by atoms with Gasteiger partial charge < -0.3 is 14.8 Å². The van der Waals surface area contributed by atoms with Crippen molar-refractivity contribution in [3.8, 4) is 11.5 Å². The number of rotatable bonds is 6. The molecule has 0 radical (unpaired) electrons. The summed E-state index contributed by atoms with van der Waals surface area (Å²) in [7, 11) is 1.49. The van der Waals surface area contributed by atoms with E-state index < -0.39 is 10.8 Å². The second-order valence-electron chi connectivity index (χ2n) is 4.41. The van der Waals surface area contributed by atoms with Gasteiger partial charge in [0.15, 0.2) is 18.1 Å². The minimum Gasteiger partial charge on any atom is -0.493 e. The number of nitrogens with zero attached hydrogens (tertiary/aromatic N) is 1. The molecule has 0 heterocycles. The molecule has 2 aromatic carbocycles. The summed E-state index contributed by atoms with van der Waals surface area (Å²) in [6.45, 7) is -0.292. The lowest BCUT2D eigenvalue weighted by Crippen LogP contribution is -2.20. The first-order valence-electron chi connectivity index (χ1n) is 6.51. The van der Waals surface area contributed by atoms with Crippen LogP contribution < -0.4 is 14.8 Å². The second-order valence-corrected chi connectivity index (χ2v) is 4.82. The Morgan fingerprint density at radius 2 is 1.96 bits per heavy atom. The van der Waals surface area contributed by atoms with E-state index in [9.17, 15) is 14.9 Å². The van der Waals surface area contributed by atoms with E-state index in [0.717, 1.165) is 0 Å². The first kappa shape index (κ1) is 16.6. The van der Waals surface area contributed by atoms with Gasteiger partial charge in [0.05, 0.1) is 22.7 Å². The molecular formula is C15H13ClN2O5.